The summed E-state index contributed by atoms with van der Waals surface area (Å²) >= 11 is 0. The third kappa shape index (κ3) is 6.09. The predicted molar refractivity (Wildman–Crippen MR) is 85.6 cm³/mol. The highest BCUT2D eigenvalue weighted by Gasteiger charge is 2.22. The van der Waals surface area contributed by atoms with E-state index >= 15 is 0 Å². The van der Waals surface area contributed by atoms with Gasteiger partial charge in [0.15, 0.2) is 0 Å². The van der Waals surface area contributed by atoms with E-state index in [0.29, 0.717) is 6.04 Å². The molecular weight excluding hydrogens is 232 g/mol. The standard InChI is InChI=1S/C17H34N2/c1-6-16(7-2)15(5)18-17-9-12-19(13-10-17)11-8-14(3)4/h8,15-18H,6-7,9-13H2,1-5H3. The number of hydrogen-bond acceptors (Lipinski definition) is 2. The van der Waals surface area contributed by atoms with E-state index in [-0.39, 0.29) is 0 Å². The van der Waals surface area contributed by atoms with Crippen molar-refractivity contribution in [3.8, 4) is 0 Å². The van der Waals surface area contributed by atoms with Crippen LogP contribution in [0.4, 0.5) is 0 Å². The van der Waals surface area contributed by atoms with Gasteiger partial charge in [-0.2, -0.15) is 0 Å². The lowest BCUT2D eigenvalue weighted by molar-refractivity contribution is 0.195. The molecule has 0 radical (unpaired) electrons. The average molecular weight is 266 g/mol. The first-order valence-electron chi connectivity index (χ1n) is 8.18. The highest BCUT2D eigenvalue weighted by atomic mass is 15.1. The Kier molecular flexibility index (Phi) is 7.70. The normalized spacial score (nSPS) is 19.7. The Morgan fingerprint density at radius 1 is 1.21 bits per heavy atom. The van der Waals surface area contributed by atoms with Crippen molar-refractivity contribution in [2.24, 2.45) is 5.92 Å². The summed E-state index contributed by atoms with van der Waals surface area (Å²) in [5.41, 5.74) is 1.43. The van der Waals surface area contributed by atoms with E-state index in [4.69, 9.17) is 0 Å². The van der Waals surface area contributed by atoms with Crippen LogP contribution in [0.3, 0.4) is 0 Å². The molecule has 1 aliphatic rings. The number of allylic oxidation sites excluding steroid dienone is 1. The number of nitrogens with one attached hydrogen (secondary N) is 1. The van der Waals surface area contributed by atoms with E-state index < -0.39 is 0 Å². The van der Waals surface area contributed by atoms with E-state index in [1.54, 1.807) is 0 Å². The SMILES string of the molecule is CCC(CC)C(C)NC1CCN(CC=C(C)C)CC1. The van der Waals surface area contributed by atoms with Gasteiger partial charge in [0.05, 0.1) is 0 Å². The molecule has 0 bridgehead atoms. The van der Waals surface area contributed by atoms with Crippen LogP contribution in [-0.4, -0.2) is 36.6 Å². The Balaban J connectivity index is 2.28. The second kappa shape index (κ2) is 8.76. The topological polar surface area (TPSA) is 15.3 Å². The molecule has 1 rings (SSSR count). The molecule has 2 nitrogen and oxygen atoms in total. The fourth-order valence-electron chi connectivity index (χ4n) is 3.10. The number of piperidine rings is 1. The van der Waals surface area contributed by atoms with Crippen molar-refractivity contribution in [1.29, 1.82) is 0 Å². The van der Waals surface area contributed by atoms with E-state index in [2.05, 4.69) is 50.9 Å². The van der Waals surface area contributed by atoms with Crippen LogP contribution >= 0.6 is 0 Å². The van der Waals surface area contributed by atoms with Crippen LogP contribution in [0.25, 0.3) is 0 Å². The van der Waals surface area contributed by atoms with Gasteiger partial charge >= 0.3 is 0 Å². The van der Waals surface area contributed by atoms with Crippen LogP contribution in [0.2, 0.25) is 0 Å². The largest absolute Gasteiger partial charge is 0.311 e. The maximum absolute atomic E-state index is 3.86. The van der Waals surface area contributed by atoms with Gasteiger partial charge in [0.1, 0.15) is 0 Å². The molecule has 19 heavy (non-hydrogen) atoms. The maximum Gasteiger partial charge on any atom is 0.0165 e. The molecule has 1 N–H and O–H groups in total. The molecule has 1 aliphatic heterocycles. The van der Waals surface area contributed by atoms with Gasteiger partial charge in [-0.15, -0.1) is 0 Å². The van der Waals surface area contributed by atoms with Crippen molar-refractivity contribution in [3.63, 3.8) is 0 Å². The number of nitrogens with zero attached hydrogens (tertiary/aromatic N) is 1. The van der Waals surface area contributed by atoms with Crippen LogP contribution in [0.15, 0.2) is 11.6 Å². The minimum absolute atomic E-state index is 0.671. The molecule has 1 fully saturated rings. The van der Waals surface area contributed by atoms with Crippen molar-refractivity contribution in [3.05, 3.63) is 11.6 Å². The Bertz CT molecular complexity index is 256. The number of hydrogen-bond donors (Lipinski definition) is 1. The molecule has 1 atom stereocenters. The lowest BCUT2D eigenvalue weighted by Gasteiger charge is -2.35. The van der Waals surface area contributed by atoms with Gasteiger partial charge in [-0.1, -0.05) is 38.3 Å². The van der Waals surface area contributed by atoms with E-state index in [1.807, 2.05) is 0 Å². The quantitative estimate of drug-likeness (QED) is 0.705. The number of rotatable bonds is 7. The summed E-state index contributed by atoms with van der Waals surface area (Å²) in [7, 11) is 0. The first-order chi connectivity index (χ1) is 9.06. The maximum atomic E-state index is 3.86. The lowest BCUT2D eigenvalue weighted by atomic mass is 9.93. The van der Waals surface area contributed by atoms with Crippen LogP contribution in [0.1, 0.15) is 60.3 Å². The second-order valence-corrected chi connectivity index (χ2v) is 6.39. The molecule has 0 amide bonds. The zero-order chi connectivity index (χ0) is 14.3. The van der Waals surface area contributed by atoms with Crippen LogP contribution in [0, 0.1) is 5.92 Å². The summed E-state index contributed by atoms with van der Waals surface area (Å²) in [4.78, 5) is 2.58. The first-order valence-corrected chi connectivity index (χ1v) is 8.18. The predicted octanol–water partition coefficient (Wildman–Crippen LogP) is 3.83. The van der Waals surface area contributed by atoms with Gasteiger partial charge in [0.2, 0.25) is 0 Å². The van der Waals surface area contributed by atoms with Gasteiger partial charge in [0.25, 0.3) is 0 Å². The molecule has 0 aliphatic carbocycles. The molecule has 112 valence electrons. The zero-order valence-corrected chi connectivity index (χ0v) is 13.7. The minimum atomic E-state index is 0.671. The summed E-state index contributed by atoms with van der Waals surface area (Å²) in [6.07, 6.45) is 7.55. The lowest BCUT2D eigenvalue weighted by Crippen LogP contribution is -2.47. The van der Waals surface area contributed by atoms with Crippen molar-refractivity contribution in [2.75, 3.05) is 19.6 Å². The van der Waals surface area contributed by atoms with E-state index in [9.17, 15) is 0 Å². The smallest absolute Gasteiger partial charge is 0.0165 e. The van der Waals surface area contributed by atoms with Crippen LogP contribution in [-0.2, 0) is 0 Å². The molecule has 0 aromatic carbocycles. The zero-order valence-electron chi connectivity index (χ0n) is 13.7. The van der Waals surface area contributed by atoms with Crippen molar-refractivity contribution >= 4 is 0 Å². The molecule has 2 heteroatoms. The number of likely N-dealkylation sites (tertiary alicyclic amines) is 1. The fraction of sp³-hybridized carbons (Fsp3) is 0.882. The molecular formula is C17H34N2. The minimum Gasteiger partial charge on any atom is -0.311 e. The third-order valence-electron chi connectivity index (χ3n) is 4.60. The molecule has 0 saturated carbocycles. The van der Waals surface area contributed by atoms with Crippen molar-refractivity contribution < 1.29 is 0 Å². The summed E-state index contributed by atoms with van der Waals surface area (Å²) < 4.78 is 0. The Hall–Kier alpha value is -0.340. The Morgan fingerprint density at radius 3 is 2.26 bits per heavy atom. The van der Waals surface area contributed by atoms with Gasteiger partial charge in [-0.05, 0) is 52.6 Å². The van der Waals surface area contributed by atoms with E-state index in [1.165, 1.54) is 44.3 Å². The molecule has 1 heterocycles. The average Bonchev–Trinajstić information content (AvgIpc) is 2.39. The van der Waals surface area contributed by atoms with Gasteiger partial charge < -0.3 is 5.32 Å². The first kappa shape index (κ1) is 16.7. The molecule has 1 unspecified atom stereocenters. The fourth-order valence-corrected chi connectivity index (χ4v) is 3.10. The highest BCUT2D eigenvalue weighted by Crippen LogP contribution is 2.17. The summed E-state index contributed by atoms with van der Waals surface area (Å²) in [6, 6.07) is 1.41. The molecule has 1 saturated heterocycles. The third-order valence-corrected chi connectivity index (χ3v) is 4.60. The van der Waals surface area contributed by atoms with Crippen molar-refractivity contribution in [1.82, 2.24) is 10.2 Å². The summed E-state index contributed by atoms with van der Waals surface area (Å²) in [5.74, 6) is 0.837. The van der Waals surface area contributed by atoms with Crippen molar-refractivity contribution in [2.45, 2.75) is 72.4 Å². The molecule has 0 aromatic rings. The highest BCUT2D eigenvalue weighted by molar-refractivity contribution is 4.95. The van der Waals surface area contributed by atoms with Gasteiger partial charge in [-0.25, -0.2) is 0 Å². The van der Waals surface area contributed by atoms with Crippen LogP contribution in [0.5, 0.6) is 0 Å². The van der Waals surface area contributed by atoms with Crippen LogP contribution < -0.4 is 5.32 Å². The molecule has 0 spiro atoms. The summed E-state index contributed by atoms with van der Waals surface area (Å²) in [5, 5.41) is 3.86. The van der Waals surface area contributed by atoms with Gasteiger partial charge in [-0.3, -0.25) is 4.90 Å². The Labute approximate surface area is 120 Å². The van der Waals surface area contributed by atoms with E-state index in [0.717, 1.165) is 18.5 Å². The Morgan fingerprint density at radius 2 is 1.79 bits per heavy atom. The monoisotopic (exact) mass is 266 g/mol. The molecule has 0 aromatic heterocycles. The van der Waals surface area contributed by atoms with Gasteiger partial charge in [0, 0.05) is 18.6 Å². The summed E-state index contributed by atoms with van der Waals surface area (Å²) in [6.45, 7) is 15.0. The second-order valence-electron chi connectivity index (χ2n) is 6.39.